The van der Waals surface area contributed by atoms with Crippen molar-refractivity contribution >= 4 is 7.60 Å². The molecule has 0 saturated heterocycles. The van der Waals surface area contributed by atoms with E-state index in [4.69, 9.17) is 18.5 Å². The van der Waals surface area contributed by atoms with Crippen LogP contribution in [0, 0.1) is 0 Å². The van der Waals surface area contributed by atoms with Crippen molar-refractivity contribution in [2.45, 2.75) is 91.8 Å². The van der Waals surface area contributed by atoms with Gasteiger partial charge in [-0.1, -0.05) is 53.4 Å². The van der Waals surface area contributed by atoms with Gasteiger partial charge in [0, 0.05) is 19.6 Å². The van der Waals surface area contributed by atoms with E-state index >= 15 is 0 Å². The number of hydrogen-bond acceptors (Lipinski definition) is 5. The third-order valence-corrected chi connectivity index (χ3v) is 5.77. The monoisotopic (exact) mass is 380 g/mol. The first-order valence-corrected chi connectivity index (χ1v) is 12.0. The first kappa shape index (κ1) is 25.1. The molecule has 0 aliphatic heterocycles. The highest BCUT2D eigenvalue weighted by Gasteiger charge is 2.26. The lowest BCUT2D eigenvalue weighted by Crippen LogP contribution is -2.21. The highest BCUT2D eigenvalue weighted by atomic mass is 31.2. The fourth-order valence-corrected chi connectivity index (χ4v) is 3.73. The predicted octanol–water partition coefficient (Wildman–Crippen LogP) is 6.16. The molecular formula is C19H41O5P. The van der Waals surface area contributed by atoms with Crippen molar-refractivity contribution in [1.29, 1.82) is 0 Å². The molecule has 0 fully saturated rings. The lowest BCUT2D eigenvalue weighted by Gasteiger charge is -2.22. The molecular weight excluding hydrogens is 339 g/mol. The number of rotatable bonds is 19. The van der Waals surface area contributed by atoms with E-state index in [0.29, 0.717) is 39.0 Å². The third-order valence-electron chi connectivity index (χ3n) is 3.81. The van der Waals surface area contributed by atoms with Gasteiger partial charge in [-0.15, -0.1) is 0 Å². The average molecular weight is 381 g/mol. The van der Waals surface area contributed by atoms with E-state index in [0.717, 1.165) is 51.4 Å². The minimum absolute atomic E-state index is 0.323. The molecule has 0 aliphatic carbocycles. The van der Waals surface area contributed by atoms with Gasteiger partial charge in [0.05, 0.1) is 19.4 Å². The quantitative estimate of drug-likeness (QED) is 0.152. The smallest absolute Gasteiger partial charge is 0.330 e. The molecule has 0 radical (unpaired) electrons. The second-order valence-corrected chi connectivity index (χ2v) is 8.56. The molecule has 0 N–H and O–H groups in total. The van der Waals surface area contributed by atoms with Crippen LogP contribution in [0.4, 0.5) is 0 Å². The van der Waals surface area contributed by atoms with Crippen molar-refractivity contribution in [3.63, 3.8) is 0 Å². The average Bonchev–Trinajstić information content (AvgIpc) is 2.60. The number of ether oxygens (including phenoxy) is 2. The molecule has 0 heterocycles. The molecule has 25 heavy (non-hydrogen) atoms. The summed E-state index contributed by atoms with van der Waals surface area (Å²) in [5.74, 6) is 0. The summed E-state index contributed by atoms with van der Waals surface area (Å²) >= 11 is 0. The van der Waals surface area contributed by atoms with Gasteiger partial charge in [-0.2, -0.15) is 0 Å². The maximum absolute atomic E-state index is 13.0. The summed E-state index contributed by atoms with van der Waals surface area (Å²) in [7, 11) is -3.07. The summed E-state index contributed by atoms with van der Waals surface area (Å²) in [6.07, 6.45) is 8.56. The van der Waals surface area contributed by atoms with Crippen molar-refractivity contribution in [2.75, 3.05) is 32.6 Å². The van der Waals surface area contributed by atoms with Crippen LogP contribution in [0.25, 0.3) is 0 Å². The Bertz CT molecular complexity index is 301. The predicted molar refractivity (Wildman–Crippen MR) is 104 cm³/mol. The third kappa shape index (κ3) is 14.9. The molecule has 0 rings (SSSR count). The van der Waals surface area contributed by atoms with Crippen LogP contribution in [0.1, 0.15) is 85.5 Å². The molecule has 0 aromatic carbocycles. The molecule has 0 spiro atoms. The zero-order valence-corrected chi connectivity index (χ0v) is 17.9. The van der Waals surface area contributed by atoms with Crippen LogP contribution in [0.15, 0.2) is 0 Å². The van der Waals surface area contributed by atoms with Crippen LogP contribution in [0.5, 0.6) is 0 Å². The second kappa shape index (κ2) is 17.5. The van der Waals surface area contributed by atoms with Crippen molar-refractivity contribution in [3.8, 4) is 0 Å². The fourth-order valence-electron chi connectivity index (χ4n) is 2.06. The van der Waals surface area contributed by atoms with Gasteiger partial charge in [-0.05, 0) is 25.7 Å². The van der Waals surface area contributed by atoms with E-state index in [1.165, 1.54) is 0 Å². The van der Waals surface area contributed by atoms with Crippen LogP contribution in [0.3, 0.4) is 0 Å². The first-order chi connectivity index (χ1) is 12.1. The Kier molecular flexibility index (Phi) is 17.5. The molecule has 0 unspecified atom stereocenters. The van der Waals surface area contributed by atoms with Crippen LogP contribution in [-0.4, -0.2) is 38.9 Å². The highest BCUT2D eigenvalue weighted by Crippen LogP contribution is 2.49. The Morgan fingerprint density at radius 3 is 1.48 bits per heavy atom. The largest absolute Gasteiger partial charge is 0.353 e. The molecule has 0 aromatic heterocycles. The summed E-state index contributed by atoms with van der Waals surface area (Å²) in [5, 5.41) is 0. The minimum atomic E-state index is -3.07. The molecule has 0 saturated carbocycles. The first-order valence-electron chi connectivity index (χ1n) is 10.2. The maximum Gasteiger partial charge on any atom is 0.330 e. The molecule has 0 bridgehead atoms. The van der Waals surface area contributed by atoms with Crippen molar-refractivity contribution in [2.24, 2.45) is 0 Å². The number of unbranched alkanes of at least 4 members (excludes halogenated alkanes) is 4. The van der Waals surface area contributed by atoms with Crippen LogP contribution in [0.2, 0.25) is 0 Å². The van der Waals surface area contributed by atoms with Crippen LogP contribution in [-0.2, 0) is 23.1 Å². The van der Waals surface area contributed by atoms with Crippen LogP contribution < -0.4 is 0 Å². The van der Waals surface area contributed by atoms with E-state index in [1.807, 2.05) is 0 Å². The molecule has 152 valence electrons. The second-order valence-electron chi connectivity index (χ2n) is 6.37. The topological polar surface area (TPSA) is 54.0 Å². The SMILES string of the molecule is CCCCOC(CCP(=O)(OCCCC)OCCCC)OCCCC. The molecule has 0 amide bonds. The maximum atomic E-state index is 13.0. The van der Waals surface area contributed by atoms with Gasteiger partial charge < -0.3 is 18.5 Å². The minimum Gasteiger partial charge on any atom is -0.353 e. The Morgan fingerprint density at radius 1 is 0.680 bits per heavy atom. The Balaban J connectivity index is 4.51. The summed E-state index contributed by atoms with van der Waals surface area (Å²) < 4.78 is 35.9. The summed E-state index contributed by atoms with van der Waals surface area (Å²) in [6.45, 7) is 10.8. The Hall–Kier alpha value is 0.0700. The Labute approximate surface area is 155 Å². The van der Waals surface area contributed by atoms with E-state index in [9.17, 15) is 4.57 Å². The fraction of sp³-hybridized carbons (Fsp3) is 1.00. The van der Waals surface area contributed by atoms with Crippen molar-refractivity contribution < 1.29 is 23.1 Å². The normalized spacial score (nSPS) is 12.2. The van der Waals surface area contributed by atoms with Gasteiger partial charge in [0.25, 0.3) is 0 Å². The molecule has 0 aromatic rings. The zero-order valence-electron chi connectivity index (χ0n) is 17.0. The molecule has 0 aliphatic rings. The molecule has 5 nitrogen and oxygen atoms in total. The lowest BCUT2D eigenvalue weighted by atomic mass is 10.3. The van der Waals surface area contributed by atoms with E-state index in [2.05, 4.69) is 27.7 Å². The van der Waals surface area contributed by atoms with Gasteiger partial charge in [0.15, 0.2) is 6.29 Å². The zero-order chi connectivity index (χ0) is 18.8. The van der Waals surface area contributed by atoms with E-state index in [1.54, 1.807) is 0 Å². The van der Waals surface area contributed by atoms with Gasteiger partial charge >= 0.3 is 7.60 Å². The molecule has 0 atom stereocenters. The standard InChI is InChI=1S/C19H41O5P/c1-5-9-14-21-19(22-15-10-6-2)13-18-25(20,23-16-11-7-3)24-17-12-8-4/h19H,5-18H2,1-4H3. The van der Waals surface area contributed by atoms with Gasteiger partial charge in [0.2, 0.25) is 0 Å². The lowest BCUT2D eigenvalue weighted by molar-refractivity contribution is -0.144. The number of hydrogen-bond donors (Lipinski definition) is 0. The van der Waals surface area contributed by atoms with Gasteiger partial charge in [-0.3, -0.25) is 4.57 Å². The summed E-state index contributed by atoms with van der Waals surface area (Å²) in [5.41, 5.74) is 0. The van der Waals surface area contributed by atoms with E-state index < -0.39 is 7.60 Å². The summed E-state index contributed by atoms with van der Waals surface area (Å²) in [6, 6.07) is 0. The van der Waals surface area contributed by atoms with Crippen molar-refractivity contribution in [3.05, 3.63) is 0 Å². The Morgan fingerprint density at radius 2 is 1.08 bits per heavy atom. The summed E-state index contributed by atoms with van der Waals surface area (Å²) in [4.78, 5) is 0. The van der Waals surface area contributed by atoms with Gasteiger partial charge in [0.1, 0.15) is 0 Å². The molecule has 6 heteroatoms. The highest BCUT2D eigenvalue weighted by molar-refractivity contribution is 7.53. The van der Waals surface area contributed by atoms with E-state index in [-0.39, 0.29) is 6.29 Å². The van der Waals surface area contributed by atoms with Crippen molar-refractivity contribution in [1.82, 2.24) is 0 Å². The van der Waals surface area contributed by atoms with Gasteiger partial charge in [-0.25, -0.2) is 0 Å². The van der Waals surface area contributed by atoms with Crippen LogP contribution >= 0.6 is 7.60 Å².